The zero-order chi connectivity index (χ0) is 10.1. The van der Waals surface area contributed by atoms with Crippen molar-refractivity contribution < 1.29 is 0 Å². The smallest absolute Gasteiger partial charge is 0.0463 e. The summed E-state index contributed by atoms with van der Waals surface area (Å²) in [7, 11) is 2.22. The Morgan fingerprint density at radius 1 is 1.21 bits per heavy atom. The zero-order valence-electron chi connectivity index (χ0n) is 9.45. The Bertz CT molecular complexity index is 295. The molecule has 2 nitrogen and oxygen atoms in total. The van der Waals surface area contributed by atoms with Gasteiger partial charge in [0.2, 0.25) is 0 Å². The van der Waals surface area contributed by atoms with E-state index in [2.05, 4.69) is 42.5 Å². The van der Waals surface area contributed by atoms with Gasteiger partial charge < -0.3 is 9.47 Å². The van der Waals surface area contributed by atoms with Crippen molar-refractivity contribution in [3.05, 3.63) is 23.5 Å². The Balaban J connectivity index is 2.21. The Kier molecular flexibility index (Phi) is 2.64. The molecule has 1 fully saturated rings. The van der Waals surface area contributed by atoms with Gasteiger partial charge in [0.05, 0.1) is 0 Å². The van der Waals surface area contributed by atoms with Gasteiger partial charge in [0, 0.05) is 24.0 Å². The van der Waals surface area contributed by atoms with E-state index in [4.69, 9.17) is 0 Å². The summed E-state index contributed by atoms with van der Waals surface area (Å²) in [6.45, 7) is 6.88. The van der Waals surface area contributed by atoms with Gasteiger partial charge in [-0.3, -0.25) is 0 Å². The molecule has 1 aliphatic rings. The van der Waals surface area contributed by atoms with Crippen LogP contribution < -0.4 is 0 Å². The van der Waals surface area contributed by atoms with Crippen molar-refractivity contribution in [3.8, 4) is 0 Å². The number of hydrogen-bond acceptors (Lipinski definition) is 1. The van der Waals surface area contributed by atoms with Crippen molar-refractivity contribution in [1.29, 1.82) is 0 Å². The minimum absolute atomic E-state index is 0.698. The van der Waals surface area contributed by atoms with Crippen molar-refractivity contribution in [2.45, 2.75) is 32.7 Å². The fraction of sp³-hybridized carbons (Fsp3) is 0.667. The molecule has 0 bridgehead atoms. The van der Waals surface area contributed by atoms with Gasteiger partial charge in [-0.25, -0.2) is 0 Å². The van der Waals surface area contributed by atoms with Crippen LogP contribution in [0.2, 0.25) is 0 Å². The topological polar surface area (TPSA) is 8.17 Å². The lowest BCUT2D eigenvalue weighted by Gasteiger charge is -2.32. The highest BCUT2D eigenvalue weighted by Crippen LogP contribution is 2.24. The minimum Gasteiger partial charge on any atom is -0.345 e. The molecule has 1 aromatic heterocycles. The lowest BCUT2D eigenvalue weighted by molar-refractivity contribution is 0.209. The lowest BCUT2D eigenvalue weighted by atomic mass is 10.1. The normalized spacial score (nSPS) is 24.1. The van der Waals surface area contributed by atoms with Crippen LogP contribution in [0.4, 0.5) is 0 Å². The summed E-state index contributed by atoms with van der Waals surface area (Å²) >= 11 is 0. The Morgan fingerprint density at radius 2 is 1.86 bits per heavy atom. The minimum atomic E-state index is 0.698. The molecule has 0 saturated carbocycles. The van der Waals surface area contributed by atoms with Crippen LogP contribution in [0.25, 0.3) is 0 Å². The molecule has 0 radical (unpaired) electrons. The Hall–Kier alpha value is -0.760. The van der Waals surface area contributed by atoms with Crippen LogP contribution in [-0.4, -0.2) is 29.6 Å². The predicted octanol–water partition coefficient (Wildman–Crippen LogP) is 2.37. The average Bonchev–Trinajstić information content (AvgIpc) is 2.46. The second-order valence-electron chi connectivity index (χ2n) is 4.54. The third kappa shape index (κ3) is 1.71. The van der Waals surface area contributed by atoms with Gasteiger partial charge in [-0.05, 0) is 52.4 Å². The van der Waals surface area contributed by atoms with Crippen LogP contribution in [0, 0.1) is 13.8 Å². The van der Waals surface area contributed by atoms with Gasteiger partial charge in [-0.1, -0.05) is 0 Å². The Labute approximate surface area is 86.5 Å². The van der Waals surface area contributed by atoms with E-state index >= 15 is 0 Å². The summed E-state index contributed by atoms with van der Waals surface area (Å²) in [6, 6.07) is 5.15. The molecule has 0 aliphatic carbocycles. The summed E-state index contributed by atoms with van der Waals surface area (Å²) in [4.78, 5) is 2.44. The van der Waals surface area contributed by atoms with Crippen LogP contribution in [0.5, 0.6) is 0 Å². The predicted molar refractivity (Wildman–Crippen MR) is 59.7 cm³/mol. The molecular formula is C12H20N2. The van der Waals surface area contributed by atoms with Crippen molar-refractivity contribution in [1.82, 2.24) is 9.47 Å². The van der Waals surface area contributed by atoms with Gasteiger partial charge >= 0.3 is 0 Å². The molecule has 0 aromatic carbocycles. The van der Waals surface area contributed by atoms with Crippen molar-refractivity contribution in [2.24, 2.45) is 0 Å². The molecule has 1 saturated heterocycles. The molecule has 1 aliphatic heterocycles. The fourth-order valence-electron chi connectivity index (χ4n) is 2.61. The number of rotatable bonds is 1. The highest BCUT2D eigenvalue weighted by atomic mass is 15.2. The molecule has 0 spiro atoms. The first-order chi connectivity index (χ1) is 6.68. The SMILES string of the molecule is Cc1ccc(C)n1C1CCCN(C)C1. The van der Waals surface area contributed by atoms with Crippen molar-refractivity contribution in [3.63, 3.8) is 0 Å². The third-order valence-electron chi connectivity index (χ3n) is 3.29. The number of likely N-dealkylation sites (N-methyl/N-ethyl adjacent to an activating group) is 1. The number of aryl methyl sites for hydroxylation is 2. The van der Waals surface area contributed by atoms with E-state index in [0.29, 0.717) is 6.04 Å². The third-order valence-corrected chi connectivity index (χ3v) is 3.29. The van der Waals surface area contributed by atoms with Gasteiger partial charge in [0.25, 0.3) is 0 Å². The first-order valence-electron chi connectivity index (χ1n) is 5.51. The van der Waals surface area contributed by atoms with E-state index < -0.39 is 0 Å². The van der Waals surface area contributed by atoms with Crippen LogP contribution in [0.15, 0.2) is 12.1 Å². The maximum absolute atomic E-state index is 2.50. The summed E-state index contributed by atoms with van der Waals surface area (Å²) < 4.78 is 2.50. The van der Waals surface area contributed by atoms with E-state index in [1.165, 1.54) is 37.3 Å². The molecule has 1 unspecified atom stereocenters. The van der Waals surface area contributed by atoms with Crippen LogP contribution in [-0.2, 0) is 0 Å². The van der Waals surface area contributed by atoms with E-state index in [1.54, 1.807) is 0 Å². The highest BCUT2D eigenvalue weighted by Gasteiger charge is 2.20. The summed E-state index contributed by atoms with van der Waals surface area (Å²) in [5, 5.41) is 0. The number of hydrogen-bond donors (Lipinski definition) is 0. The van der Waals surface area contributed by atoms with Gasteiger partial charge in [-0.15, -0.1) is 0 Å². The number of piperidine rings is 1. The maximum atomic E-state index is 2.50. The zero-order valence-corrected chi connectivity index (χ0v) is 9.45. The number of likely N-dealkylation sites (tertiary alicyclic amines) is 1. The molecular weight excluding hydrogens is 172 g/mol. The monoisotopic (exact) mass is 192 g/mol. The van der Waals surface area contributed by atoms with Crippen LogP contribution in [0.1, 0.15) is 30.3 Å². The van der Waals surface area contributed by atoms with E-state index in [-0.39, 0.29) is 0 Å². The molecule has 2 heteroatoms. The van der Waals surface area contributed by atoms with E-state index in [0.717, 1.165) is 0 Å². The van der Waals surface area contributed by atoms with Gasteiger partial charge in [0.15, 0.2) is 0 Å². The molecule has 1 atom stereocenters. The first kappa shape index (κ1) is 9.78. The number of nitrogens with zero attached hydrogens (tertiary/aromatic N) is 2. The molecule has 1 aromatic rings. The van der Waals surface area contributed by atoms with Crippen LogP contribution >= 0.6 is 0 Å². The van der Waals surface area contributed by atoms with Crippen molar-refractivity contribution in [2.75, 3.05) is 20.1 Å². The molecule has 14 heavy (non-hydrogen) atoms. The quantitative estimate of drug-likeness (QED) is 0.663. The van der Waals surface area contributed by atoms with Gasteiger partial charge in [0.1, 0.15) is 0 Å². The second-order valence-corrected chi connectivity index (χ2v) is 4.54. The molecule has 2 heterocycles. The van der Waals surface area contributed by atoms with E-state index in [1.807, 2.05) is 0 Å². The second kappa shape index (κ2) is 3.77. The Morgan fingerprint density at radius 3 is 2.43 bits per heavy atom. The van der Waals surface area contributed by atoms with E-state index in [9.17, 15) is 0 Å². The first-order valence-corrected chi connectivity index (χ1v) is 5.51. The lowest BCUT2D eigenvalue weighted by Crippen LogP contribution is -2.34. The fourth-order valence-corrected chi connectivity index (χ4v) is 2.61. The molecule has 0 N–H and O–H groups in total. The standard InChI is InChI=1S/C12H20N2/c1-10-6-7-11(2)14(10)12-5-4-8-13(3)9-12/h6-7,12H,4-5,8-9H2,1-3H3. The summed E-state index contributed by atoms with van der Waals surface area (Å²) in [5.74, 6) is 0. The maximum Gasteiger partial charge on any atom is 0.0463 e. The summed E-state index contributed by atoms with van der Waals surface area (Å²) in [5.41, 5.74) is 2.81. The number of aromatic nitrogens is 1. The summed E-state index contributed by atoms with van der Waals surface area (Å²) in [6.07, 6.45) is 2.67. The van der Waals surface area contributed by atoms with Crippen LogP contribution in [0.3, 0.4) is 0 Å². The highest BCUT2D eigenvalue weighted by molar-refractivity contribution is 5.15. The average molecular weight is 192 g/mol. The largest absolute Gasteiger partial charge is 0.345 e. The molecule has 2 rings (SSSR count). The van der Waals surface area contributed by atoms with Crippen molar-refractivity contribution >= 4 is 0 Å². The molecule has 0 amide bonds. The van der Waals surface area contributed by atoms with Gasteiger partial charge in [-0.2, -0.15) is 0 Å². The molecule has 78 valence electrons.